The quantitative estimate of drug-likeness (QED) is 0.850. The van der Waals surface area contributed by atoms with Crippen LogP contribution in [-0.2, 0) is 9.53 Å². The molecule has 1 aromatic rings. The summed E-state index contributed by atoms with van der Waals surface area (Å²) in [4.78, 5) is 22.3. The summed E-state index contributed by atoms with van der Waals surface area (Å²) in [5.74, 6) is -8.74. The van der Waals surface area contributed by atoms with Crippen LogP contribution < -0.4 is 10.4 Å². The fourth-order valence-electron chi connectivity index (χ4n) is 1.38. The molecule has 0 aromatic heterocycles. The molecule has 0 fully saturated rings. The number of rotatable bonds is 4. The van der Waals surface area contributed by atoms with Crippen LogP contribution >= 0.6 is 11.6 Å². The third-order valence-corrected chi connectivity index (χ3v) is 2.72. The summed E-state index contributed by atoms with van der Waals surface area (Å²) >= 11 is 5.53. The number of alkyl halides is 4. The number of carboxylic acids is 1. The Morgan fingerprint density at radius 1 is 1.29 bits per heavy atom. The van der Waals surface area contributed by atoms with Gasteiger partial charge in [-0.05, 0) is 12.1 Å². The van der Waals surface area contributed by atoms with Gasteiger partial charge in [0.1, 0.15) is 0 Å². The molecular formula is C11H7ClF4NO4-. The number of hydrogen-bond donors (Lipinski definition) is 1. The lowest BCUT2D eigenvalue weighted by Crippen LogP contribution is -2.52. The number of methoxy groups -OCH3 is 1. The van der Waals surface area contributed by atoms with Crippen molar-refractivity contribution in [2.45, 2.75) is 12.0 Å². The van der Waals surface area contributed by atoms with E-state index in [1.54, 1.807) is 0 Å². The van der Waals surface area contributed by atoms with Crippen molar-refractivity contribution in [3.63, 3.8) is 0 Å². The average Bonchev–Trinajstić information content (AvgIpc) is 2.35. The van der Waals surface area contributed by atoms with E-state index in [2.05, 4.69) is 4.74 Å². The summed E-state index contributed by atoms with van der Waals surface area (Å²) in [6.07, 6.45) is -5.66. The van der Waals surface area contributed by atoms with Crippen LogP contribution in [0.4, 0.5) is 23.2 Å². The molecule has 0 bridgehead atoms. The van der Waals surface area contributed by atoms with E-state index in [4.69, 9.17) is 11.6 Å². The van der Waals surface area contributed by atoms with E-state index in [1.165, 1.54) is 5.32 Å². The van der Waals surface area contributed by atoms with Gasteiger partial charge in [0.15, 0.2) is 0 Å². The van der Waals surface area contributed by atoms with Gasteiger partial charge in [-0.25, -0.2) is 0 Å². The van der Waals surface area contributed by atoms with Gasteiger partial charge in [-0.1, -0.05) is 17.7 Å². The maximum absolute atomic E-state index is 13.6. The van der Waals surface area contributed by atoms with Gasteiger partial charge in [0.25, 0.3) is 5.91 Å². The van der Waals surface area contributed by atoms with Crippen LogP contribution in [0.5, 0.6) is 0 Å². The molecular weight excluding hydrogens is 322 g/mol. The topological polar surface area (TPSA) is 78.5 Å². The molecule has 1 aromatic carbocycles. The SMILES string of the molecule is COC(F)(C(=O)Nc1cccc(Cl)c1C(=O)[O-])C(F)(F)F. The zero-order chi connectivity index (χ0) is 16.4. The molecule has 0 aliphatic heterocycles. The number of carbonyl (C=O) groups is 2. The molecule has 0 heterocycles. The average molecular weight is 329 g/mol. The number of ether oxygens (including phenoxy) is 1. The monoisotopic (exact) mass is 328 g/mol. The van der Waals surface area contributed by atoms with Crippen molar-refractivity contribution in [2.75, 3.05) is 12.4 Å². The van der Waals surface area contributed by atoms with Gasteiger partial charge in [-0.15, -0.1) is 0 Å². The minimum absolute atomic E-state index is 0.338. The Balaban J connectivity index is 3.21. The largest absolute Gasteiger partial charge is 0.545 e. The summed E-state index contributed by atoms with van der Waals surface area (Å²) in [5.41, 5.74) is -1.44. The zero-order valence-electron chi connectivity index (χ0n) is 10.3. The fourth-order valence-corrected chi connectivity index (χ4v) is 1.63. The molecule has 21 heavy (non-hydrogen) atoms. The van der Waals surface area contributed by atoms with Gasteiger partial charge in [-0.3, -0.25) is 4.79 Å². The van der Waals surface area contributed by atoms with Crippen LogP contribution in [0.2, 0.25) is 5.02 Å². The lowest BCUT2D eigenvalue weighted by Gasteiger charge is -2.25. The van der Waals surface area contributed by atoms with Crippen molar-refractivity contribution < 1.29 is 37.0 Å². The number of nitrogens with one attached hydrogen (secondary N) is 1. The first kappa shape index (κ1) is 17.2. The Bertz CT molecular complexity index is 578. The van der Waals surface area contributed by atoms with E-state index < -0.39 is 40.2 Å². The third kappa shape index (κ3) is 3.24. The molecule has 1 atom stereocenters. The zero-order valence-corrected chi connectivity index (χ0v) is 11.0. The van der Waals surface area contributed by atoms with Crippen molar-refractivity contribution in [1.29, 1.82) is 0 Å². The van der Waals surface area contributed by atoms with Crippen LogP contribution in [-0.4, -0.2) is 31.0 Å². The summed E-state index contributed by atoms with van der Waals surface area (Å²) in [5, 5.41) is 11.9. The first-order valence-electron chi connectivity index (χ1n) is 5.16. The lowest BCUT2D eigenvalue weighted by atomic mass is 10.1. The number of hydrogen-bond acceptors (Lipinski definition) is 4. The normalized spacial score (nSPS) is 14.4. The van der Waals surface area contributed by atoms with Crippen molar-refractivity contribution in [3.05, 3.63) is 28.8 Å². The minimum Gasteiger partial charge on any atom is -0.545 e. The number of carboxylic acid groups (broad SMARTS) is 1. The van der Waals surface area contributed by atoms with Gasteiger partial charge in [0.2, 0.25) is 0 Å². The summed E-state index contributed by atoms with van der Waals surface area (Å²) < 4.78 is 54.6. The molecule has 116 valence electrons. The highest BCUT2D eigenvalue weighted by atomic mass is 35.5. The Morgan fingerprint density at radius 2 is 1.86 bits per heavy atom. The van der Waals surface area contributed by atoms with Crippen LogP contribution in [0.3, 0.4) is 0 Å². The van der Waals surface area contributed by atoms with Crippen molar-refractivity contribution in [1.82, 2.24) is 0 Å². The van der Waals surface area contributed by atoms with Gasteiger partial charge >= 0.3 is 12.0 Å². The van der Waals surface area contributed by atoms with E-state index in [9.17, 15) is 32.3 Å². The van der Waals surface area contributed by atoms with E-state index in [1.807, 2.05) is 0 Å². The molecule has 0 saturated heterocycles. The molecule has 0 saturated carbocycles. The van der Waals surface area contributed by atoms with Crippen molar-refractivity contribution in [2.24, 2.45) is 0 Å². The number of anilines is 1. The molecule has 1 rings (SSSR count). The first-order chi connectivity index (χ1) is 9.54. The molecule has 5 nitrogen and oxygen atoms in total. The van der Waals surface area contributed by atoms with Crippen LogP contribution in [0.1, 0.15) is 10.4 Å². The van der Waals surface area contributed by atoms with Gasteiger partial charge in [0, 0.05) is 12.7 Å². The highest BCUT2D eigenvalue weighted by molar-refractivity contribution is 6.34. The van der Waals surface area contributed by atoms with Gasteiger partial charge in [-0.2, -0.15) is 17.6 Å². The number of benzene rings is 1. The molecule has 0 spiro atoms. The number of carbonyl (C=O) groups excluding carboxylic acids is 2. The molecule has 1 amide bonds. The van der Waals surface area contributed by atoms with Crippen molar-refractivity contribution >= 4 is 29.2 Å². The Morgan fingerprint density at radius 3 is 2.29 bits per heavy atom. The molecule has 0 aliphatic rings. The van der Waals surface area contributed by atoms with Crippen LogP contribution in [0.25, 0.3) is 0 Å². The third-order valence-electron chi connectivity index (χ3n) is 2.40. The molecule has 1 N–H and O–H groups in total. The smallest absolute Gasteiger partial charge is 0.458 e. The summed E-state index contributed by atoms with van der Waals surface area (Å²) in [6.45, 7) is 0. The number of amides is 1. The van der Waals surface area contributed by atoms with Crippen molar-refractivity contribution in [3.8, 4) is 0 Å². The predicted octanol–water partition coefficient (Wildman–Crippen LogP) is 1.52. The molecule has 0 aliphatic carbocycles. The van der Waals surface area contributed by atoms with E-state index in [0.29, 0.717) is 7.11 Å². The molecule has 0 radical (unpaired) electrons. The summed E-state index contributed by atoms with van der Waals surface area (Å²) in [7, 11) is 0.338. The predicted molar refractivity (Wildman–Crippen MR) is 61.3 cm³/mol. The molecule has 10 heteroatoms. The van der Waals surface area contributed by atoms with E-state index >= 15 is 0 Å². The number of halogens is 5. The standard InChI is InChI=1S/C11H8ClF4NO4/c1-21-10(13,11(14,15)16)9(20)17-6-4-2-3-5(12)7(6)8(18)19/h2-4H,1H3,(H,17,20)(H,18,19)/p-1. The minimum atomic E-state index is -5.66. The first-order valence-corrected chi connectivity index (χ1v) is 5.54. The fraction of sp³-hybridized carbons (Fsp3) is 0.273. The second-order valence-corrected chi connectivity index (χ2v) is 4.11. The molecule has 1 unspecified atom stereocenters. The Kier molecular flexibility index (Phi) is 4.79. The van der Waals surface area contributed by atoms with Crippen LogP contribution in [0, 0.1) is 0 Å². The lowest BCUT2D eigenvalue weighted by molar-refractivity contribution is -0.305. The van der Waals surface area contributed by atoms with E-state index in [-0.39, 0.29) is 0 Å². The highest BCUT2D eigenvalue weighted by Gasteiger charge is 2.63. The van der Waals surface area contributed by atoms with Crippen LogP contribution in [0.15, 0.2) is 18.2 Å². The highest BCUT2D eigenvalue weighted by Crippen LogP contribution is 2.36. The Labute approximate surface area is 120 Å². The maximum atomic E-state index is 13.6. The van der Waals surface area contributed by atoms with E-state index in [0.717, 1.165) is 18.2 Å². The number of aromatic carboxylic acids is 1. The summed E-state index contributed by atoms with van der Waals surface area (Å²) in [6, 6.07) is 3.16. The van der Waals surface area contributed by atoms with Gasteiger partial charge < -0.3 is 20.0 Å². The maximum Gasteiger partial charge on any atom is 0.458 e. The second-order valence-electron chi connectivity index (χ2n) is 3.70. The second kappa shape index (κ2) is 5.86. The Hall–Kier alpha value is -1.87. The van der Waals surface area contributed by atoms with Gasteiger partial charge in [0.05, 0.1) is 16.7 Å².